The predicted octanol–water partition coefficient (Wildman–Crippen LogP) is 4.54. The van der Waals surface area contributed by atoms with Gasteiger partial charge in [0.05, 0.1) is 17.9 Å². The van der Waals surface area contributed by atoms with E-state index in [1.54, 1.807) is 31.2 Å². The van der Waals surface area contributed by atoms with Crippen LogP contribution < -0.4 is 10.6 Å². The summed E-state index contributed by atoms with van der Waals surface area (Å²) in [6.45, 7) is 3.49. The Kier molecular flexibility index (Phi) is 7.63. The number of aromatic nitrogens is 2. The van der Waals surface area contributed by atoms with E-state index in [4.69, 9.17) is 9.15 Å². The van der Waals surface area contributed by atoms with Gasteiger partial charge in [-0.1, -0.05) is 11.8 Å². The lowest BCUT2D eigenvalue weighted by Crippen LogP contribution is -2.17. The number of hydrogen-bond acceptors (Lipinski definition) is 9. The average Bonchev–Trinajstić information content (AvgIpc) is 3.42. The lowest BCUT2D eigenvalue weighted by molar-refractivity contribution is -0.114. The molecular formula is C23H24N4O5S2. The molecule has 1 aliphatic rings. The zero-order valence-electron chi connectivity index (χ0n) is 18.8. The molecule has 9 nitrogen and oxygen atoms in total. The number of benzene rings is 1. The lowest BCUT2D eigenvalue weighted by atomic mass is 9.95. The summed E-state index contributed by atoms with van der Waals surface area (Å²) in [6, 6.07) is 7.00. The number of ether oxygens (including phenoxy) is 1. The van der Waals surface area contributed by atoms with Gasteiger partial charge in [-0.05, 0) is 62.4 Å². The number of nitrogens with zero attached hydrogens (tertiary/aromatic N) is 2. The fourth-order valence-electron chi connectivity index (χ4n) is 3.65. The number of esters is 1. The second-order valence-electron chi connectivity index (χ2n) is 7.60. The van der Waals surface area contributed by atoms with Crippen LogP contribution in [0.4, 0.5) is 10.7 Å². The molecule has 0 unspecified atom stereocenters. The van der Waals surface area contributed by atoms with Gasteiger partial charge < -0.3 is 19.8 Å². The van der Waals surface area contributed by atoms with Crippen molar-refractivity contribution in [3.63, 3.8) is 0 Å². The molecule has 2 heterocycles. The minimum Gasteiger partial charge on any atom is -0.462 e. The number of thiophene rings is 1. The third-order valence-electron chi connectivity index (χ3n) is 5.09. The summed E-state index contributed by atoms with van der Waals surface area (Å²) in [5.74, 6) is -0.453. The van der Waals surface area contributed by atoms with E-state index in [1.807, 2.05) is 0 Å². The number of rotatable bonds is 8. The summed E-state index contributed by atoms with van der Waals surface area (Å²) in [6.07, 6.45) is 3.83. The molecule has 0 spiro atoms. The highest BCUT2D eigenvalue weighted by atomic mass is 32.2. The molecule has 0 fully saturated rings. The molecular weight excluding hydrogens is 476 g/mol. The SMILES string of the molecule is CCOC(=O)c1c(NC(=O)CSc2nnc(-c3ccc(NC(C)=O)cc3)o2)sc2c1CCCC2. The molecule has 2 aromatic heterocycles. The van der Waals surface area contributed by atoms with Crippen LogP contribution in [0.25, 0.3) is 11.5 Å². The normalized spacial score (nSPS) is 12.6. The van der Waals surface area contributed by atoms with E-state index in [9.17, 15) is 14.4 Å². The van der Waals surface area contributed by atoms with Crippen molar-refractivity contribution in [3.05, 3.63) is 40.3 Å². The van der Waals surface area contributed by atoms with E-state index < -0.39 is 5.97 Å². The quantitative estimate of drug-likeness (QED) is 0.341. The maximum absolute atomic E-state index is 12.6. The minimum absolute atomic E-state index is 0.0495. The van der Waals surface area contributed by atoms with Crippen molar-refractivity contribution in [1.29, 1.82) is 0 Å². The van der Waals surface area contributed by atoms with Gasteiger partial charge in [0, 0.05) is 23.1 Å². The first-order valence-corrected chi connectivity index (χ1v) is 12.7. The third kappa shape index (κ3) is 5.65. The first-order chi connectivity index (χ1) is 16.4. The van der Waals surface area contributed by atoms with Crippen LogP contribution in [0.5, 0.6) is 0 Å². The zero-order chi connectivity index (χ0) is 24.1. The van der Waals surface area contributed by atoms with Crippen LogP contribution >= 0.6 is 23.1 Å². The second kappa shape index (κ2) is 10.8. The van der Waals surface area contributed by atoms with E-state index in [1.165, 1.54) is 18.3 Å². The number of aryl methyl sites for hydroxylation is 1. The molecule has 2 N–H and O–H groups in total. The topological polar surface area (TPSA) is 123 Å². The third-order valence-corrected chi connectivity index (χ3v) is 7.11. The Morgan fingerprint density at radius 1 is 1.12 bits per heavy atom. The van der Waals surface area contributed by atoms with Gasteiger partial charge in [-0.15, -0.1) is 21.5 Å². The van der Waals surface area contributed by atoms with Crippen LogP contribution in [0.15, 0.2) is 33.9 Å². The standard InChI is InChI=1S/C23H24N4O5S2/c1-3-31-22(30)19-16-6-4-5-7-17(16)34-21(19)25-18(29)12-33-23-27-26-20(32-23)14-8-10-15(11-9-14)24-13(2)28/h8-11H,3-7,12H2,1-2H3,(H,24,28)(H,25,29). The summed E-state index contributed by atoms with van der Waals surface area (Å²) in [4.78, 5) is 37.5. The molecule has 0 atom stereocenters. The van der Waals surface area contributed by atoms with E-state index >= 15 is 0 Å². The van der Waals surface area contributed by atoms with Gasteiger partial charge in [-0.3, -0.25) is 9.59 Å². The maximum Gasteiger partial charge on any atom is 0.341 e. The van der Waals surface area contributed by atoms with Gasteiger partial charge >= 0.3 is 5.97 Å². The van der Waals surface area contributed by atoms with Crippen LogP contribution in [-0.2, 0) is 27.2 Å². The second-order valence-corrected chi connectivity index (χ2v) is 9.64. The number of hydrogen-bond donors (Lipinski definition) is 2. The first-order valence-electron chi connectivity index (χ1n) is 10.9. The van der Waals surface area contributed by atoms with Crippen LogP contribution in [0, 0.1) is 0 Å². The fourth-order valence-corrected chi connectivity index (χ4v) is 5.50. The van der Waals surface area contributed by atoms with Crippen molar-refractivity contribution in [2.45, 2.75) is 44.8 Å². The molecule has 4 rings (SSSR count). The Labute approximate surface area is 204 Å². The molecule has 3 aromatic rings. The summed E-state index contributed by atoms with van der Waals surface area (Å²) in [5.41, 5.74) is 2.85. The zero-order valence-corrected chi connectivity index (χ0v) is 20.4. The van der Waals surface area contributed by atoms with Gasteiger partial charge in [0.2, 0.25) is 17.7 Å². The van der Waals surface area contributed by atoms with Crippen LogP contribution in [-0.4, -0.2) is 40.3 Å². The van der Waals surface area contributed by atoms with Gasteiger partial charge in [0.25, 0.3) is 5.22 Å². The molecule has 2 amide bonds. The number of nitrogens with one attached hydrogen (secondary N) is 2. The highest BCUT2D eigenvalue weighted by molar-refractivity contribution is 7.99. The van der Waals surface area contributed by atoms with E-state index in [2.05, 4.69) is 20.8 Å². The van der Waals surface area contributed by atoms with Gasteiger partial charge in [0.15, 0.2) is 0 Å². The molecule has 34 heavy (non-hydrogen) atoms. The fraction of sp³-hybridized carbons (Fsp3) is 0.348. The van der Waals surface area contributed by atoms with Crippen LogP contribution in [0.2, 0.25) is 0 Å². The largest absolute Gasteiger partial charge is 0.462 e. The average molecular weight is 501 g/mol. The Morgan fingerprint density at radius 2 is 1.88 bits per heavy atom. The minimum atomic E-state index is -0.393. The molecule has 0 radical (unpaired) electrons. The van der Waals surface area contributed by atoms with E-state index in [0.717, 1.165) is 47.9 Å². The summed E-state index contributed by atoms with van der Waals surface area (Å²) in [7, 11) is 0. The number of carbonyl (C=O) groups excluding carboxylic acids is 3. The maximum atomic E-state index is 12.6. The molecule has 0 saturated carbocycles. The van der Waals surface area contributed by atoms with Crippen molar-refractivity contribution < 1.29 is 23.5 Å². The number of thioether (sulfide) groups is 1. The van der Waals surface area contributed by atoms with Crippen LogP contribution in [0.3, 0.4) is 0 Å². The number of anilines is 2. The van der Waals surface area contributed by atoms with Crippen molar-refractivity contribution >= 4 is 51.6 Å². The first kappa shape index (κ1) is 24.0. The van der Waals surface area contributed by atoms with Crippen molar-refractivity contribution in [2.24, 2.45) is 0 Å². The predicted molar refractivity (Wildman–Crippen MR) is 130 cm³/mol. The van der Waals surface area contributed by atoms with Crippen molar-refractivity contribution in [3.8, 4) is 11.5 Å². The monoisotopic (exact) mass is 500 g/mol. The summed E-state index contributed by atoms with van der Waals surface area (Å²) < 4.78 is 10.9. The molecule has 0 saturated heterocycles. The summed E-state index contributed by atoms with van der Waals surface area (Å²) in [5, 5.41) is 14.4. The number of carbonyl (C=O) groups is 3. The smallest absolute Gasteiger partial charge is 0.341 e. The highest BCUT2D eigenvalue weighted by Gasteiger charge is 2.27. The Bertz CT molecular complexity index is 1200. The molecule has 11 heteroatoms. The van der Waals surface area contributed by atoms with E-state index in [0.29, 0.717) is 27.7 Å². The van der Waals surface area contributed by atoms with Gasteiger partial charge in [-0.2, -0.15) is 0 Å². The van der Waals surface area contributed by atoms with Crippen molar-refractivity contribution in [1.82, 2.24) is 10.2 Å². The molecule has 0 bridgehead atoms. The van der Waals surface area contributed by atoms with Gasteiger partial charge in [-0.25, -0.2) is 4.79 Å². The number of amides is 2. The van der Waals surface area contributed by atoms with E-state index in [-0.39, 0.29) is 29.4 Å². The molecule has 0 aliphatic heterocycles. The Morgan fingerprint density at radius 3 is 2.62 bits per heavy atom. The molecule has 1 aliphatic carbocycles. The van der Waals surface area contributed by atoms with Gasteiger partial charge in [0.1, 0.15) is 5.00 Å². The number of fused-ring (bicyclic) bond motifs is 1. The lowest BCUT2D eigenvalue weighted by Gasteiger charge is -2.12. The molecule has 1 aromatic carbocycles. The van der Waals surface area contributed by atoms with Crippen LogP contribution in [0.1, 0.15) is 47.5 Å². The summed E-state index contributed by atoms with van der Waals surface area (Å²) >= 11 is 2.57. The Balaban J connectivity index is 1.39. The van der Waals surface area contributed by atoms with Crippen molar-refractivity contribution in [2.75, 3.05) is 23.0 Å². The Hall–Kier alpha value is -3.18. The molecule has 178 valence electrons. The highest BCUT2D eigenvalue weighted by Crippen LogP contribution is 2.38.